The number of rotatable bonds is 2. The average Bonchev–Trinajstić information content (AvgIpc) is 2.51. The fraction of sp³-hybridized carbons (Fsp3) is 0.308. The molecule has 0 atom stereocenters. The van der Waals surface area contributed by atoms with Crippen LogP contribution in [0.25, 0.3) is 10.9 Å². The summed E-state index contributed by atoms with van der Waals surface area (Å²) in [7, 11) is 1.88. The first-order valence-corrected chi connectivity index (χ1v) is 5.71. The van der Waals surface area contributed by atoms with Crippen LogP contribution in [0.1, 0.15) is 29.8 Å². The van der Waals surface area contributed by atoms with Crippen molar-refractivity contribution in [2.24, 2.45) is 7.05 Å². The van der Waals surface area contributed by atoms with Gasteiger partial charge in [-0.15, -0.1) is 0 Å². The van der Waals surface area contributed by atoms with Crippen molar-refractivity contribution in [1.29, 1.82) is 0 Å². The lowest BCUT2D eigenvalue weighted by molar-refractivity contribution is 0.101. The molecule has 0 saturated carbocycles. The number of halogens is 1. The van der Waals surface area contributed by atoms with Crippen molar-refractivity contribution in [3.63, 3.8) is 0 Å². The van der Waals surface area contributed by atoms with Crippen LogP contribution in [0.15, 0.2) is 18.2 Å². The van der Waals surface area contributed by atoms with E-state index in [0.29, 0.717) is 10.7 Å². The Labute approximate surface area is 99.8 Å². The highest BCUT2D eigenvalue weighted by atomic mass is 35.5. The summed E-state index contributed by atoms with van der Waals surface area (Å²) in [5.41, 5.74) is 2.86. The minimum absolute atomic E-state index is 0.0175. The fourth-order valence-corrected chi connectivity index (χ4v) is 2.34. The molecule has 0 aliphatic carbocycles. The summed E-state index contributed by atoms with van der Waals surface area (Å²) in [5, 5.41) is 1.48. The van der Waals surface area contributed by atoms with Gasteiger partial charge in [0, 0.05) is 18.0 Å². The normalized spacial score (nSPS) is 11.0. The van der Waals surface area contributed by atoms with E-state index in [1.807, 2.05) is 17.7 Å². The maximum atomic E-state index is 11.6. The fourth-order valence-electron chi connectivity index (χ4n) is 2.02. The van der Waals surface area contributed by atoms with E-state index in [0.717, 1.165) is 17.3 Å². The number of Topliss-reactive ketones (excluding diaryl/α,β-unsaturated/α-hetero) is 1. The number of aryl methyl sites for hydroxylation is 2. The highest BCUT2D eigenvalue weighted by molar-refractivity contribution is 6.35. The number of hydrogen-bond acceptors (Lipinski definition) is 1. The molecule has 2 aromatic rings. The van der Waals surface area contributed by atoms with E-state index in [-0.39, 0.29) is 5.78 Å². The molecule has 0 aliphatic rings. The molecule has 1 aromatic carbocycles. The third-order valence-electron chi connectivity index (χ3n) is 2.95. The van der Waals surface area contributed by atoms with Gasteiger partial charge in [0.05, 0.1) is 5.56 Å². The SMILES string of the molecule is CCc1ccc2c(c1)c(C(C)=O)c(Cl)n2C. The highest BCUT2D eigenvalue weighted by Gasteiger charge is 2.16. The zero-order valence-electron chi connectivity index (χ0n) is 9.67. The van der Waals surface area contributed by atoms with E-state index in [2.05, 4.69) is 19.1 Å². The number of carbonyl (C=O) groups is 1. The molecule has 2 rings (SSSR count). The zero-order valence-corrected chi connectivity index (χ0v) is 10.4. The van der Waals surface area contributed by atoms with E-state index in [1.165, 1.54) is 5.56 Å². The van der Waals surface area contributed by atoms with Gasteiger partial charge in [-0.2, -0.15) is 0 Å². The third kappa shape index (κ3) is 1.54. The Morgan fingerprint density at radius 3 is 2.69 bits per heavy atom. The second kappa shape index (κ2) is 3.95. The van der Waals surface area contributed by atoms with Gasteiger partial charge in [-0.3, -0.25) is 4.79 Å². The number of ketones is 1. The van der Waals surface area contributed by atoms with E-state index < -0.39 is 0 Å². The van der Waals surface area contributed by atoms with E-state index >= 15 is 0 Å². The first-order valence-electron chi connectivity index (χ1n) is 5.34. The van der Waals surface area contributed by atoms with Crippen molar-refractivity contribution in [3.05, 3.63) is 34.5 Å². The van der Waals surface area contributed by atoms with Gasteiger partial charge >= 0.3 is 0 Å². The van der Waals surface area contributed by atoms with Gasteiger partial charge in [0.1, 0.15) is 5.15 Å². The van der Waals surface area contributed by atoms with E-state index in [1.54, 1.807) is 6.92 Å². The molecule has 2 nitrogen and oxygen atoms in total. The van der Waals surface area contributed by atoms with Crippen LogP contribution >= 0.6 is 11.6 Å². The monoisotopic (exact) mass is 235 g/mol. The van der Waals surface area contributed by atoms with Crippen molar-refractivity contribution in [2.75, 3.05) is 0 Å². The summed E-state index contributed by atoms with van der Waals surface area (Å²) >= 11 is 6.17. The van der Waals surface area contributed by atoms with Crippen LogP contribution in [0.4, 0.5) is 0 Å². The number of nitrogens with zero attached hydrogens (tertiary/aromatic N) is 1. The van der Waals surface area contributed by atoms with E-state index in [4.69, 9.17) is 11.6 Å². The molecule has 84 valence electrons. The second-order valence-electron chi connectivity index (χ2n) is 3.99. The number of benzene rings is 1. The van der Waals surface area contributed by atoms with Crippen LogP contribution in [0.3, 0.4) is 0 Å². The molecule has 0 N–H and O–H groups in total. The van der Waals surface area contributed by atoms with Crippen molar-refractivity contribution in [2.45, 2.75) is 20.3 Å². The molecule has 0 bridgehead atoms. The minimum atomic E-state index is 0.0175. The topological polar surface area (TPSA) is 22.0 Å². The molecule has 0 radical (unpaired) electrons. The van der Waals surface area contributed by atoms with E-state index in [9.17, 15) is 4.79 Å². The largest absolute Gasteiger partial charge is 0.334 e. The standard InChI is InChI=1S/C13H14ClNO/c1-4-9-5-6-11-10(7-9)12(8(2)16)13(14)15(11)3/h5-7H,4H2,1-3H3. The van der Waals surface area contributed by atoms with Gasteiger partial charge in [-0.1, -0.05) is 24.6 Å². The summed E-state index contributed by atoms with van der Waals surface area (Å²) in [6.45, 7) is 3.65. The van der Waals surface area contributed by atoms with Crippen LogP contribution in [0.5, 0.6) is 0 Å². The van der Waals surface area contributed by atoms with Gasteiger partial charge in [-0.25, -0.2) is 0 Å². The lowest BCUT2D eigenvalue weighted by atomic mass is 10.1. The van der Waals surface area contributed by atoms with Gasteiger partial charge in [0.15, 0.2) is 5.78 Å². The molecule has 3 heteroatoms. The Morgan fingerprint density at radius 1 is 1.44 bits per heavy atom. The maximum Gasteiger partial charge on any atom is 0.163 e. The molecule has 0 spiro atoms. The van der Waals surface area contributed by atoms with Crippen molar-refractivity contribution < 1.29 is 4.79 Å². The quantitative estimate of drug-likeness (QED) is 0.729. The molecular weight excluding hydrogens is 222 g/mol. The van der Waals surface area contributed by atoms with Gasteiger partial charge in [-0.05, 0) is 31.0 Å². The van der Waals surface area contributed by atoms with Crippen LogP contribution in [0.2, 0.25) is 5.15 Å². The van der Waals surface area contributed by atoms with Crippen LogP contribution in [-0.2, 0) is 13.5 Å². The number of aromatic nitrogens is 1. The molecule has 16 heavy (non-hydrogen) atoms. The Bertz CT molecular complexity index is 569. The summed E-state index contributed by atoms with van der Waals surface area (Å²) in [6, 6.07) is 6.15. The molecule has 0 saturated heterocycles. The summed E-state index contributed by atoms with van der Waals surface area (Å²) in [4.78, 5) is 11.6. The van der Waals surface area contributed by atoms with Crippen LogP contribution in [-0.4, -0.2) is 10.4 Å². The van der Waals surface area contributed by atoms with Crippen molar-refractivity contribution in [3.8, 4) is 0 Å². The molecular formula is C13H14ClNO. The number of hydrogen-bond donors (Lipinski definition) is 0. The molecule has 0 fully saturated rings. The molecule has 0 amide bonds. The Kier molecular flexibility index (Phi) is 2.76. The summed E-state index contributed by atoms with van der Waals surface area (Å²) in [5.74, 6) is 0.0175. The second-order valence-corrected chi connectivity index (χ2v) is 4.34. The van der Waals surface area contributed by atoms with Crippen LogP contribution < -0.4 is 0 Å². The molecule has 0 aliphatic heterocycles. The Hall–Kier alpha value is -1.28. The number of carbonyl (C=O) groups excluding carboxylic acids is 1. The highest BCUT2D eigenvalue weighted by Crippen LogP contribution is 2.30. The average molecular weight is 236 g/mol. The molecule has 1 heterocycles. The Morgan fingerprint density at radius 2 is 2.12 bits per heavy atom. The minimum Gasteiger partial charge on any atom is -0.334 e. The summed E-state index contributed by atoms with van der Waals surface area (Å²) in [6.07, 6.45) is 0.958. The number of fused-ring (bicyclic) bond motifs is 1. The molecule has 0 unspecified atom stereocenters. The maximum absolute atomic E-state index is 11.6. The smallest absolute Gasteiger partial charge is 0.163 e. The first kappa shape index (κ1) is 11.2. The zero-order chi connectivity index (χ0) is 11.9. The lowest BCUT2D eigenvalue weighted by Gasteiger charge is -1.99. The van der Waals surface area contributed by atoms with Gasteiger partial charge in [0.2, 0.25) is 0 Å². The van der Waals surface area contributed by atoms with Crippen molar-refractivity contribution >= 4 is 28.3 Å². The predicted molar refractivity (Wildman–Crippen MR) is 67.3 cm³/mol. The van der Waals surface area contributed by atoms with Gasteiger partial charge in [0.25, 0.3) is 0 Å². The van der Waals surface area contributed by atoms with Gasteiger partial charge < -0.3 is 4.57 Å². The van der Waals surface area contributed by atoms with Crippen molar-refractivity contribution in [1.82, 2.24) is 4.57 Å². The predicted octanol–water partition coefficient (Wildman–Crippen LogP) is 3.60. The van der Waals surface area contributed by atoms with Crippen LogP contribution in [0, 0.1) is 0 Å². The first-order chi connectivity index (χ1) is 7.56. The lowest BCUT2D eigenvalue weighted by Crippen LogP contribution is -1.92. The third-order valence-corrected chi connectivity index (χ3v) is 3.40. The Balaban J connectivity index is 2.86. The summed E-state index contributed by atoms with van der Waals surface area (Å²) < 4.78 is 1.85. The molecule has 1 aromatic heterocycles.